The normalized spacial score (nSPS) is 43.6. The summed E-state index contributed by atoms with van der Waals surface area (Å²) in [6.45, 7) is 4.82. The number of ether oxygens (including phenoxy) is 1. The van der Waals surface area contributed by atoms with Crippen LogP contribution in [0.25, 0.3) is 0 Å². The lowest BCUT2D eigenvalue weighted by atomic mass is 9.79. The molecule has 2 aliphatic carbocycles. The maximum Gasteiger partial charge on any atom is 0.0586 e. The van der Waals surface area contributed by atoms with E-state index in [1.54, 1.807) is 0 Å². The Balaban J connectivity index is 1.79. The molecule has 1 N–H and O–H groups in total. The molecule has 0 aromatic heterocycles. The summed E-state index contributed by atoms with van der Waals surface area (Å²) < 4.78 is 5.51. The second-order valence-electron chi connectivity index (χ2n) is 6.39. The average molecular weight is 239 g/mol. The van der Waals surface area contributed by atoms with Crippen molar-refractivity contribution in [3.8, 4) is 0 Å². The number of hydrogen-bond donors (Lipinski definition) is 1. The van der Waals surface area contributed by atoms with E-state index in [9.17, 15) is 0 Å². The van der Waals surface area contributed by atoms with Gasteiger partial charge in [0.15, 0.2) is 0 Å². The Kier molecular flexibility index (Phi) is 4.87. The molecule has 100 valence electrons. The summed E-state index contributed by atoms with van der Waals surface area (Å²) in [7, 11) is 1.86. The van der Waals surface area contributed by atoms with Crippen molar-refractivity contribution in [3.63, 3.8) is 0 Å². The number of hydrogen-bond acceptors (Lipinski definition) is 2. The quantitative estimate of drug-likeness (QED) is 0.815. The third-order valence-electron chi connectivity index (χ3n) is 4.84. The first kappa shape index (κ1) is 13.4. The van der Waals surface area contributed by atoms with Crippen LogP contribution in [0.15, 0.2) is 0 Å². The second-order valence-corrected chi connectivity index (χ2v) is 6.39. The monoisotopic (exact) mass is 239 g/mol. The summed E-state index contributed by atoms with van der Waals surface area (Å²) in [4.78, 5) is 0. The van der Waals surface area contributed by atoms with Gasteiger partial charge in [-0.2, -0.15) is 0 Å². The Morgan fingerprint density at radius 1 is 1.00 bits per heavy atom. The van der Waals surface area contributed by atoms with Gasteiger partial charge < -0.3 is 10.1 Å². The van der Waals surface area contributed by atoms with E-state index in [1.165, 1.54) is 44.9 Å². The molecule has 2 fully saturated rings. The van der Waals surface area contributed by atoms with Crippen LogP contribution in [0.4, 0.5) is 0 Å². The molecule has 17 heavy (non-hydrogen) atoms. The molecule has 2 heteroatoms. The van der Waals surface area contributed by atoms with Crippen molar-refractivity contribution in [1.29, 1.82) is 0 Å². The maximum atomic E-state index is 5.51. The molecule has 5 atom stereocenters. The zero-order chi connectivity index (χ0) is 12.3. The van der Waals surface area contributed by atoms with Crippen molar-refractivity contribution >= 4 is 0 Å². The van der Waals surface area contributed by atoms with E-state index in [0.29, 0.717) is 12.1 Å². The molecule has 0 spiro atoms. The van der Waals surface area contributed by atoms with Crippen molar-refractivity contribution in [1.82, 2.24) is 5.32 Å². The van der Waals surface area contributed by atoms with Crippen LogP contribution >= 0.6 is 0 Å². The van der Waals surface area contributed by atoms with Crippen LogP contribution in [0.1, 0.15) is 58.8 Å². The zero-order valence-electron chi connectivity index (χ0n) is 11.7. The van der Waals surface area contributed by atoms with Crippen LogP contribution in [0.5, 0.6) is 0 Å². The van der Waals surface area contributed by atoms with E-state index in [-0.39, 0.29) is 0 Å². The first-order valence-electron chi connectivity index (χ1n) is 7.48. The Bertz CT molecular complexity index is 231. The van der Waals surface area contributed by atoms with Crippen molar-refractivity contribution in [2.24, 2.45) is 11.8 Å². The van der Waals surface area contributed by atoms with Gasteiger partial charge in [-0.15, -0.1) is 0 Å². The Hall–Kier alpha value is -0.0800. The zero-order valence-corrected chi connectivity index (χ0v) is 11.7. The molecule has 2 rings (SSSR count). The van der Waals surface area contributed by atoms with Gasteiger partial charge in [-0.3, -0.25) is 0 Å². The Morgan fingerprint density at radius 3 is 2.53 bits per heavy atom. The average Bonchev–Trinajstić information content (AvgIpc) is 2.33. The van der Waals surface area contributed by atoms with Gasteiger partial charge in [-0.25, -0.2) is 0 Å². The van der Waals surface area contributed by atoms with E-state index >= 15 is 0 Å². The second kappa shape index (κ2) is 6.19. The molecule has 0 aliphatic heterocycles. The minimum Gasteiger partial charge on any atom is -0.381 e. The summed E-state index contributed by atoms with van der Waals surface area (Å²) in [5.41, 5.74) is 0. The first-order chi connectivity index (χ1) is 8.19. The highest BCUT2D eigenvalue weighted by atomic mass is 16.5. The first-order valence-corrected chi connectivity index (χ1v) is 7.48. The number of nitrogens with one attached hydrogen (secondary N) is 1. The van der Waals surface area contributed by atoms with E-state index in [4.69, 9.17) is 4.74 Å². The van der Waals surface area contributed by atoms with Gasteiger partial charge in [0.1, 0.15) is 0 Å². The van der Waals surface area contributed by atoms with Gasteiger partial charge in [0.25, 0.3) is 0 Å². The fraction of sp³-hybridized carbons (Fsp3) is 1.00. The Morgan fingerprint density at radius 2 is 1.82 bits per heavy atom. The summed E-state index contributed by atoms with van der Waals surface area (Å²) in [5.74, 6) is 1.78. The molecule has 0 aromatic carbocycles. The van der Waals surface area contributed by atoms with Crippen LogP contribution in [-0.2, 0) is 4.74 Å². The molecule has 0 bridgehead atoms. The van der Waals surface area contributed by atoms with Crippen molar-refractivity contribution < 1.29 is 4.74 Å². The smallest absolute Gasteiger partial charge is 0.0586 e. The fourth-order valence-electron chi connectivity index (χ4n) is 3.73. The van der Waals surface area contributed by atoms with Crippen LogP contribution in [0.3, 0.4) is 0 Å². The lowest BCUT2D eigenvalue weighted by Crippen LogP contribution is -2.47. The number of methoxy groups -OCH3 is 1. The SMILES string of the molecule is COC1CCCC(NC2CCC(C)CC2C)C1. The summed E-state index contributed by atoms with van der Waals surface area (Å²) in [6, 6.07) is 1.46. The predicted molar refractivity (Wildman–Crippen MR) is 72.2 cm³/mol. The molecule has 0 aromatic rings. The molecule has 5 unspecified atom stereocenters. The fourth-order valence-corrected chi connectivity index (χ4v) is 3.73. The molecular weight excluding hydrogens is 210 g/mol. The molecule has 0 radical (unpaired) electrons. The largest absolute Gasteiger partial charge is 0.381 e. The molecule has 0 heterocycles. The van der Waals surface area contributed by atoms with Gasteiger partial charge in [0, 0.05) is 19.2 Å². The lowest BCUT2D eigenvalue weighted by molar-refractivity contribution is 0.0531. The molecule has 2 aliphatic rings. The highest BCUT2D eigenvalue weighted by molar-refractivity contribution is 4.86. The van der Waals surface area contributed by atoms with Crippen molar-refractivity contribution in [3.05, 3.63) is 0 Å². The third kappa shape index (κ3) is 3.69. The van der Waals surface area contributed by atoms with E-state index in [0.717, 1.165) is 17.9 Å². The minimum atomic E-state index is 0.499. The maximum absolute atomic E-state index is 5.51. The van der Waals surface area contributed by atoms with Crippen molar-refractivity contribution in [2.75, 3.05) is 7.11 Å². The highest BCUT2D eigenvalue weighted by Crippen LogP contribution is 2.30. The summed E-state index contributed by atoms with van der Waals surface area (Å²) in [5, 5.41) is 3.91. The highest BCUT2D eigenvalue weighted by Gasteiger charge is 2.29. The van der Waals surface area contributed by atoms with Crippen LogP contribution in [0.2, 0.25) is 0 Å². The van der Waals surface area contributed by atoms with Crippen LogP contribution in [0, 0.1) is 11.8 Å². The Labute approximate surface area is 107 Å². The number of rotatable bonds is 3. The third-order valence-corrected chi connectivity index (χ3v) is 4.84. The minimum absolute atomic E-state index is 0.499. The predicted octanol–water partition coefficient (Wildman–Crippen LogP) is 3.36. The lowest BCUT2D eigenvalue weighted by Gasteiger charge is -2.38. The van der Waals surface area contributed by atoms with Crippen LogP contribution in [-0.4, -0.2) is 25.3 Å². The molecule has 0 amide bonds. The summed E-state index contributed by atoms with van der Waals surface area (Å²) >= 11 is 0. The molecule has 2 saturated carbocycles. The molecular formula is C15H29NO. The van der Waals surface area contributed by atoms with Crippen LogP contribution < -0.4 is 5.32 Å². The van der Waals surface area contributed by atoms with Gasteiger partial charge in [0.2, 0.25) is 0 Å². The van der Waals surface area contributed by atoms with E-state index < -0.39 is 0 Å². The molecule has 2 nitrogen and oxygen atoms in total. The standard InChI is InChI=1S/C15H29NO/c1-11-7-8-15(12(2)9-11)16-13-5-4-6-14(10-13)17-3/h11-16H,4-10H2,1-3H3. The van der Waals surface area contributed by atoms with Gasteiger partial charge in [-0.05, 0) is 56.8 Å². The van der Waals surface area contributed by atoms with Crippen molar-refractivity contribution in [2.45, 2.75) is 77.0 Å². The topological polar surface area (TPSA) is 21.3 Å². The van der Waals surface area contributed by atoms with Gasteiger partial charge >= 0.3 is 0 Å². The van der Waals surface area contributed by atoms with E-state index in [1.807, 2.05) is 7.11 Å². The molecule has 0 saturated heterocycles. The van der Waals surface area contributed by atoms with Gasteiger partial charge in [-0.1, -0.05) is 13.8 Å². The summed E-state index contributed by atoms with van der Waals surface area (Å²) in [6.07, 6.45) is 9.82. The van der Waals surface area contributed by atoms with E-state index in [2.05, 4.69) is 19.2 Å². The van der Waals surface area contributed by atoms with Gasteiger partial charge in [0.05, 0.1) is 6.10 Å².